The van der Waals surface area contributed by atoms with Crippen molar-refractivity contribution in [3.8, 4) is 16.8 Å². The Hall–Kier alpha value is -4.23. The van der Waals surface area contributed by atoms with E-state index in [1.54, 1.807) is 12.3 Å². The molecule has 45 heavy (non-hydrogen) atoms. The summed E-state index contributed by atoms with van der Waals surface area (Å²) in [6.07, 6.45) is 3.71. The highest BCUT2D eigenvalue weighted by atomic mass is 35.5. The number of amides is 1. The van der Waals surface area contributed by atoms with Crippen molar-refractivity contribution in [1.29, 1.82) is 0 Å². The minimum atomic E-state index is -2.92. The van der Waals surface area contributed by atoms with Crippen LogP contribution in [0.25, 0.3) is 16.8 Å². The van der Waals surface area contributed by atoms with Crippen LogP contribution in [0.1, 0.15) is 82.0 Å². The highest BCUT2D eigenvalue weighted by Gasteiger charge is 2.40. The summed E-state index contributed by atoms with van der Waals surface area (Å²) in [7, 11) is 0. The number of nitrogens with zero attached hydrogens (tertiary/aromatic N) is 7. The van der Waals surface area contributed by atoms with Gasteiger partial charge in [-0.1, -0.05) is 57.5 Å². The van der Waals surface area contributed by atoms with Crippen molar-refractivity contribution in [2.75, 3.05) is 6.61 Å². The summed E-state index contributed by atoms with van der Waals surface area (Å²) < 4.78 is 44.9. The Bertz CT molecular complexity index is 1720. The highest BCUT2D eigenvalue weighted by Crippen LogP contribution is 2.37. The molecule has 0 bridgehead atoms. The first kappa shape index (κ1) is 32.2. The van der Waals surface area contributed by atoms with Gasteiger partial charge >= 0.3 is 0 Å². The van der Waals surface area contributed by atoms with E-state index < -0.39 is 42.7 Å². The van der Waals surface area contributed by atoms with Gasteiger partial charge in [0.25, 0.3) is 12.3 Å². The third-order valence-electron chi connectivity index (χ3n) is 6.97. The van der Waals surface area contributed by atoms with Gasteiger partial charge in [-0.05, 0) is 47.6 Å². The summed E-state index contributed by atoms with van der Waals surface area (Å²) in [5, 5.41) is 18.5. The maximum Gasteiger partial charge on any atom is 0.297 e. The minimum Gasteiger partial charge on any atom is -0.394 e. The number of hydrogen-bond acceptors (Lipinski definition) is 7. The molecule has 0 spiro atoms. The molecule has 4 aromatic rings. The molecule has 2 aliphatic rings. The third-order valence-corrected chi connectivity index (χ3v) is 7.29. The lowest BCUT2D eigenvalue weighted by Crippen LogP contribution is -2.42. The summed E-state index contributed by atoms with van der Waals surface area (Å²) in [5.41, 5.74) is 8.36. The lowest BCUT2D eigenvalue weighted by molar-refractivity contribution is -0.129. The Morgan fingerprint density at radius 1 is 1.09 bits per heavy atom. The van der Waals surface area contributed by atoms with Gasteiger partial charge in [-0.25, -0.2) is 27.8 Å². The number of aliphatic hydroxyl groups excluding tert-OH is 1. The van der Waals surface area contributed by atoms with Gasteiger partial charge in [-0.3, -0.25) is 14.4 Å². The molecule has 6 rings (SSSR count). The summed E-state index contributed by atoms with van der Waals surface area (Å²) in [5.74, 6) is -2.16. The number of rotatable bonds is 8. The maximum absolute atomic E-state index is 15.3. The van der Waals surface area contributed by atoms with E-state index in [-0.39, 0.29) is 22.2 Å². The molecule has 2 aromatic heterocycles. The Morgan fingerprint density at radius 3 is 2.42 bits per heavy atom. The molecule has 1 saturated carbocycles. The van der Waals surface area contributed by atoms with Crippen LogP contribution in [0.5, 0.6) is 0 Å². The van der Waals surface area contributed by atoms with E-state index in [0.29, 0.717) is 22.6 Å². The van der Waals surface area contributed by atoms with Crippen LogP contribution in [0.4, 0.5) is 13.2 Å². The topological polar surface area (TPSA) is 127 Å². The van der Waals surface area contributed by atoms with Crippen LogP contribution in [-0.2, 0) is 4.79 Å². The van der Waals surface area contributed by atoms with E-state index in [4.69, 9.17) is 17.3 Å². The van der Waals surface area contributed by atoms with Crippen molar-refractivity contribution >= 4 is 23.5 Å². The smallest absolute Gasteiger partial charge is 0.297 e. The number of aromatic nitrogens is 5. The van der Waals surface area contributed by atoms with Gasteiger partial charge in [0, 0.05) is 17.3 Å². The second-order valence-electron chi connectivity index (χ2n) is 12.5. The minimum absolute atomic E-state index is 0.0199. The number of aliphatic hydroxyl groups is 1. The molecule has 1 aliphatic heterocycles. The number of nitrogens with two attached hydrogens (primary N) is 1. The van der Waals surface area contributed by atoms with Crippen molar-refractivity contribution in [2.24, 2.45) is 16.1 Å². The van der Waals surface area contributed by atoms with Crippen LogP contribution in [0, 0.1) is 11.2 Å². The predicted molar refractivity (Wildman–Crippen MR) is 163 cm³/mol. The van der Waals surface area contributed by atoms with Crippen molar-refractivity contribution in [3.63, 3.8) is 0 Å². The standard InChI is InChI=1S/C26H22ClF3N8O2.C5H12/c27-18-6-2-14(8-20(18)38-24(23(29)30)32-12-34-38)21(11-39)37-25(40)22(35-26(37)31)17-5-1-13(7-19(17)28)15-9-33-36(10-15)16-3-4-16;1-5(2,3)4/h1-2,5-10,12,16,21-23,39H,3-4,11H2,(H2,31,35);1-4H3. The van der Waals surface area contributed by atoms with Gasteiger partial charge in [0.1, 0.15) is 12.1 Å². The zero-order chi connectivity index (χ0) is 32.6. The average molecular weight is 643 g/mol. The molecule has 1 aliphatic carbocycles. The lowest BCUT2D eigenvalue weighted by atomic mass is 10.0. The van der Waals surface area contributed by atoms with Crippen LogP contribution in [-0.4, -0.2) is 53.0 Å². The summed E-state index contributed by atoms with van der Waals surface area (Å²) in [6.45, 7) is 8.15. The number of guanidine groups is 1. The predicted octanol–water partition coefficient (Wildman–Crippen LogP) is 6.18. The van der Waals surface area contributed by atoms with Crippen LogP contribution in [0.3, 0.4) is 0 Å². The van der Waals surface area contributed by atoms with E-state index in [1.807, 2.05) is 10.9 Å². The van der Waals surface area contributed by atoms with Gasteiger partial charge in [0.2, 0.25) is 0 Å². The summed E-state index contributed by atoms with van der Waals surface area (Å²) >= 11 is 6.25. The zero-order valence-electron chi connectivity index (χ0n) is 25.2. The number of carbonyl (C=O) groups is 1. The van der Waals surface area contributed by atoms with Crippen molar-refractivity contribution in [3.05, 3.63) is 82.9 Å². The second-order valence-corrected chi connectivity index (χ2v) is 12.9. The van der Waals surface area contributed by atoms with E-state index in [1.165, 1.54) is 30.3 Å². The molecule has 3 heterocycles. The zero-order valence-corrected chi connectivity index (χ0v) is 26.0. The Labute approximate surface area is 263 Å². The van der Waals surface area contributed by atoms with Crippen LogP contribution in [0.15, 0.2) is 60.1 Å². The average Bonchev–Trinajstić information content (AvgIpc) is 3.36. The molecule has 2 unspecified atom stereocenters. The van der Waals surface area contributed by atoms with Gasteiger partial charge in [0.15, 0.2) is 17.8 Å². The largest absolute Gasteiger partial charge is 0.394 e. The molecule has 0 saturated heterocycles. The molecule has 238 valence electrons. The molecule has 1 fully saturated rings. The Morgan fingerprint density at radius 2 is 1.80 bits per heavy atom. The summed E-state index contributed by atoms with van der Waals surface area (Å²) in [6, 6.07) is 6.85. The molecule has 2 atom stereocenters. The number of benzene rings is 2. The monoisotopic (exact) mass is 642 g/mol. The van der Waals surface area contributed by atoms with Crippen molar-refractivity contribution in [1.82, 2.24) is 29.4 Å². The van der Waals surface area contributed by atoms with Gasteiger partial charge in [-0.15, -0.1) is 0 Å². The van der Waals surface area contributed by atoms with Crippen molar-refractivity contribution < 1.29 is 23.1 Å². The normalized spacial score (nSPS) is 17.4. The Kier molecular flexibility index (Phi) is 9.04. The van der Waals surface area contributed by atoms with Crippen LogP contribution < -0.4 is 5.73 Å². The van der Waals surface area contributed by atoms with E-state index in [0.717, 1.165) is 34.3 Å². The van der Waals surface area contributed by atoms with Crippen LogP contribution >= 0.6 is 11.6 Å². The molecule has 2 aromatic carbocycles. The lowest BCUT2D eigenvalue weighted by Gasteiger charge is -2.27. The van der Waals surface area contributed by atoms with Crippen molar-refractivity contribution in [2.45, 2.75) is 65.1 Å². The number of alkyl halides is 2. The van der Waals surface area contributed by atoms with Crippen LogP contribution in [0.2, 0.25) is 5.02 Å². The second kappa shape index (κ2) is 12.6. The fraction of sp³-hybridized carbons (Fsp3) is 0.387. The molecular weight excluding hydrogens is 609 g/mol. The van der Waals surface area contributed by atoms with E-state index >= 15 is 4.39 Å². The number of carbonyl (C=O) groups excluding carboxylic acids is 1. The first-order valence-electron chi connectivity index (χ1n) is 14.4. The summed E-state index contributed by atoms with van der Waals surface area (Å²) in [4.78, 5) is 22.3. The highest BCUT2D eigenvalue weighted by molar-refractivity contribution is 6.32. The quantitative estimate of drug-likeness (QED) is 0.236. The first-order chi connectivity index (χ1) is 21.3. The molecule has 14 heteroatoms. The van der Waals surface area contributed by atoms with Gasteiger partial charge in [-0.2, -0.15) is 10.2 Å². The molecule has 0 radical (unpaired) electrons. The first-order valence-corrected chi connectivity index (χ1v) is 14.7. The van der Waals surface area contributed by atoms with E-state index in [2.05, 4.69) is 47.9 Å². The van der Waals surface area contributed by atoms with Gasteiger partial charge in [0.05, 0.1) is 35.6 Å². The van der Waals surface area contributed by atoms with Gasteiger partial charge < -0.3 is 10.8 Å². The van der Waals surface area contributed by atoms with E-state index in [9.17, 15) is 18.7 Å². The number of hydrogen-bond donors (Lipinski definition) is 2. The fourth-order valence-corrected chi connectivity index (χ4v) is 4.98. The SMILES string of the molecule is CC(C)(C)C.NC1=NC(c2ccc(-c3cnn(C4CC4)c3)cc2F)C(=O)N1C(CO)c1ccc(Cl)c(-n2ncnc2C(F)F)c1. The molecule has 10 nitrogen and oxygen atoms in total. The molecule has 1 amide bonds. The maximum atomic E-state index is 15.3. The Balaban J connectivity index is 0.000000743. The fourth-order valence-electron chi connectivity index (χ4n) is 4.78. The molecular formula is C31H34ClF3N8O2. The third kappa shape index (κ3) is 7.04. The number of aliphatic imine (C=N–C) groups is 1. The molecule has 3 N–H and O–H groups in total. The number of halogens is 4.